The van der Waals surface area contributed by atoms with Crippen molar-refractivity contribution in [2.75, 3.05) is 19.8 Å². The second-order valence-electron chi connectivity index (χ2n) is 6.02. The maximum Gasteiger partial charge on any atom is 0.213 e. The molecule has 0 bridgehead atoms. The zero-order valence-electron chi connectivity index (χ0n) is 13.5. The first-order valence-corrected chi connectivity index (χ1v) is 7.34. The fourth-order valence-electron chi connectivity index (χ4n) is 1.70. The van der Waals surface area contributed by atoms with Gasteiger partial charge in [0, 0.05) is 30.5 Å². The van der Waals surface area contributed by atoms with Crippen LogP contribution in [0.4, 0.5) is 0 Å². The molecule has 0 fully saturated rings. The average molecular weight is 280 g/mol. The van der Waals surface area contributed by atoms with Gasteiger partial charge in [0.15, 0.2) is 0 Å². The summed E-state index contributed by atoms with van der Waals surface area (Å²) in [6.07, 6.45) is 1.03. The van der Waals surface area contributed by atoms with Crippen LogP contribution in [-0.2, 0) is 11.3 Å². The van der Waals surface area contributed by atoms with E-state index in [0.717, 1.165) is 25.3 Å². The fourth-order valence-corrected chi connectivity index (χ4v) is 1.70. The van der Waals surface area contributed by atoms with Gasteiger partial charge in [-0.05, 0) is 45.7 Å². The van der Waals surface area contributed by atoms with E-state index in [0.29, 0.717) is 19.1 Å². The molecule has 0 aromatic carbocycles. The highest BCUT2D eigenvalue weighted by Gasteiger charge is 2.09. The Morgan fingerprint density at radius 3 is 2.55 bits per heavy atom. The number of nitrogens with zero attached hydrogens (tertiary/aromatic N) is 1. The van der Waals surface area contributed by atoms with Gasteiger partial charge < -0.3 is 14.8 Å². The fraction of sp³-hybridized carbons (Fsp3) is 0.688. The van der Waals surface area contributed by atoms with Crippen LogP contribution < -0.4 is 10.1 Å². The van der Waals surface area contributed by atoms with Gasteiger partial charge in [0.05, 0.1) is 6.61 Å². The van der Waals surface area contributed by atoms with Crippen molar-refractivity contribution in [1.82, 2.24) is 10.3 Å². The third kappa shape index (κ3) is 7.46. The van der Waals surface area contributed by atoms with E-state index in [4.69, 9.17) is 9.47 Å². The van der Waals surface area contributed by atoms with Crippen molar-refractivity contribution in [3.8, 4) is 5.88 Å². The molecule has 0 aliphatic rings. The van der Waals surface area contributed by atoms with Gasteiger partial charge in [-0.15, -0.1) is 0 Å². The van der Waals surface area contributed by atoms with Crippen LogP contribution in [0.2, 0.25) is 0 Å². The lowest BCUT2D eigenvalue weighted by molar-refractivity contribution is 0.0989. The lowest BCUT2D eigenvalue weighted by Crippen LogP contribution is -2.35. The summed E-state index contributed by atoms with van der Waals surface area (Å²) >= 11 is 0. The Kier molecular flexibility index (Phi) is 6.96. The average Bonchev–Trinajstić information content (AvgIpc) is 2.35. The van der Waals surface area contributed by atoms with Gasteiger partial charge in [0.25, 0.3) is 0 Å². The topological polar surface area (TPSA) is 43.4 Å². The summed E-state index contributed by atoms with van der Waals surface area (Å²) in [6.45, 7) is 13.3. The minimum Gasteiger partial charge on any atom is -0.475 e. The molecule has 0 saturated carbocycles. The molecule has 0 aliphatic heterocycles. The Balaban J connectivity index is 2.49. The molecule has 0 amide bonds. The summed E-state index contributed by atoms with van der Waals surface area (Å²) in [4.78, 5) is 4.39. The van der Waals surface area contributed by atoms with E-state index in [1.54, 1.807) is 0 Å². The largest absolute Gasteiger partial charge is 0.475 e. The maximum atomic E-state index is 5.64. The van der Waals surface area contributed by atoms with Crippen molar-refractivity contribution >= 4 is 0 Å². The molecule has 1 aromatic rings. The van der Waals surface area contributed by atoms with E-state index in [1.165, 1.54) is 5.56 Å². The number of hydrogen-bond acceptors (Lipinski definition) is 4. The van der Waals surface area contributed by atoms with E-state index in [-0.39, 0.29) is 5.54 Å². The Bertz CT molecular complexity index is 400. The van der Waals surface area contributed by atoms with Gasteiger partial charge in [-0.2, -0.15) is 0 Å². The highest BCUT2D eigenvalue weighted by Crippen LogP contribution is 2.13. The Morgan fingerprint density at radius 1 is 1.15 bits per heavy atom. The second-order valence-corrected chi connectivity index (χ2v) is 6.02. The number of ether oxygens (including phenoxy) is 2. The van der Waals surface area contributed by atoms with Gasteiger partial charge in [-0.3, -0.25) is 0 Å². The molecule has 1 aromatic heterocycles. The number of nitrogens with one attached hydrogen (secondary N) is 1. The third-order valence-corrected chi connectivity index (χ3v) is 2.64. The molecule has 4 nitrogen and oxygen atoms in total. The molecular formula is C16H28N2O2. The SMILES string of the molecule is CCCOCCOc1cc(CNC(C)(C)C)cc(C)n1. The standard InChI is InChI=1S/C16H28N2O2/c1-6-7-19-8-9-20-15-11-14(10-13(2)18-15)12-17-16(3,4)5/h10-11,17H,6-9,12H2,1-5H3. The molecule has 0 atom stereocenters. The Hall–Kier alpha value is -1.13. The predicted octanol–water partition coefficient (Wildman–Crippen LogP) is 3.08. The zero-order valence-corrected chi connectivity index (χ0v) is 13.5. The summed E-state index contributed by atoms with van der Waals surface area (Å²) < 4.78 is 11.0. The van der Waals surface area contributed by atoms with Crippen molar-refractivity contribution in [3.63, 3.8) is 0 Å². The van der Waals surface area contributed by atoms with Gasteiger partial charge in [0.1, 0.15) is 6.61 Å². The second kappa shape index (κ2) is 8.22. The van der Waals surface area contributed by atoms with E-state index in [9.17, 15) is 0 Å². The summed E-state index contributed by atoms with van der Waals surface area (Å²) in [6, 6.07) is 4.07. The predicted molar refractivity (Wildman–Crippen MR) is 82.2 cm³/mol. The lowest BCUT2D eigenvalue weighted by atomic mass is 10.1. The lowest BCUT2D eigenvalue weighted by Gasteiger charge is -2.20. The molecule has 114 valence electrons. The minimum atomic E-state index is 0.103. The van der Waals surface area contributed by atoms with Crippen molar-refractivity contribution in [3.05, 3.63) is 23.4 Å². The number of rotatable bonds is 8. The molecule has 4 heteroatoms. The highest BCUT2D eigenvalue weighted by molar-refractivity contribution is 5.24. The molecule has 20 heavy (non-hydrogen) atoms. The Morgan fingerprint density at radius 2 is 1.90 bits per heavy atom. The van der Waals surface area contributed by atoms with Crippen molar-refractivity contribution in [2.24, 2.45) is 0 Å². The smallest absolute Gasteiger partial charge is 0.213 e. The van der Waals surface area contributed by atoms with E-state index < -0.39 is 0 Å². The number of pyridine rings is 1. The van der Waals surface area contributed by atoms with Crippen LogP contribution in [-0.4, -0.2) is 30.3 Å². The van der Waals surface area contributed by atoms with Crippen LogP contribution in [0.5, 0.6) is 5.88 Å². The van der Waals surface area contributed by atoms with E-state index in [2.05, 4.69) is 44.1 Å². The van der Waals surface area contributed by atoms with Crippen LogP contribution in [0.3, 0.4) is 0 Å². The molecule has 0 saturated heterocycles. The maximum absolute atomic E-state index is 5.64. The first kappa shape index (κ1) is 16.9. The molecule has 0 unspecified atom stereocenters. The molecule has 1 N–H and O–H groups in total. The summed E-state index contributed by atoms with van der Waals surface area (Å²) in [5, 5.41) is 3.47. The molecule has 0 aliphatic carbocycles. The third-order valence-electron chi connectivity index (χ3n) is 2.64. The minimum absolute atomic E-state index is 0.103. The van der Waals surface area contributed by atoms with Crippen molar-refractivity contribution in [1.29, 1.82) is 0 Å². The summed E-state index contributed by atoms with van der Waals surface area (Å²) in [5.41, 5.74) is 2.27. The monoisotopic (exact) mass is 280 g/mol. The molecule has 0 radical (unpaired) electrons. The first-order valence-electron chi connectivity index (χ1n) is 7.34. The normalized spacial score (nSPS) is 11.7. The number of aryl methyl sites for hydroxylation is 1. The van der Waals surface area contributed by atoms with E-state index in [1.807, 2.05) is 13.0 Å². The summed E-state index contributed by atoms with van der Waals surface area (Å²) in [7, 11) is 0. The molecule has 0 spiro atoms. The van der Waals surface area contributed by atoms with Gasteiger partial charge in [0.2, 0.25) is 5.88 Å². The molecule has 1 rings (SSSR count). The quantitative estimate of drug-likeness (QED) is 0.743. The van der Waals surface area contributed by atoms with Crippen LogP contribution >= 0.6 is 0 Å². The van der Waals surface area contributed by atoms with Gasteiger partial charge in [-0.25, -0.2) is 4.98 Å². The van der Waals surface area contributed by atoms with Gasteiger partial charge >= 0.3 is 0 Å². The first-order chi connectivity index (χ1) is 9.40. The van der Waals surface area contributed by atoms with Crippen LogP contribution in [0, 0.1) is 6.92 Å². The van der Waals surface area contributed by atoms with Crippen LogP contribution in [0.1, 0.15) is 45.4 Å². The zero-order chi connectivity index (χ0) is 15.0. The van der Waals surface area contributed by atoms with Crippen LogP contribution in [0.15, 0.2) is 12.1 Å². The van der Waals surface area contributed by atoms with Gasteiger partial charge in [-0.1, -0.05) is 6.92 Å². The van der Waals surface area contributed by atoms with E-state index >= 15 is 0 Å². The molecular weight excluding hydrogens is 252 g/mol. The van der Waals surface area contributed by atoms with Crippen LogP contribution in [0.25, 0.3) is 0 Å². The summed E-state index contributed by atoms with van der Waals surface area (Å²) in [5.74, 6) is 0.677. The Labute approximate surface area is 122 Å². The number of aromatic nitrogens is 1. The number of hydrogen-bond donors (Lipinski definition) is 1. The van der Waals surface area contributed by atoms with Crippen molar-refractivity contribution in [2.45, 2.75) is 53.1 Å². The molecule has 1 heterocycles. The highest BCUT2D eigenvalue weighted by atomic mass is 16.5. The van der Waals surface area contributed by atoms with Crippen molar-refractivity contribution < 1.29 is 9.47 Å².